The molecule has 1 fully saturated rings. The molecule has 0 bridgehead atoms. The van der Waals surface area contributed by atoms with Crippen molar-refractivity contribution in [3.05, 3.63) is 12.7 Å². The normalized spacial score (nSPS) is 14.8. The lowest BCUT2D eigenvalue weighted by Crippen LogP contribution is -2.36. The molecule has 0 N–H and O–H groups in total. The average Bonchev–Trinajstić information content (AvgIpc) is 2.94. The highest BCUT2D eigenvalue weighted by atomic mass is 16.5. The van der Waals surface area contributed by atoms with Crippen molar-refractivity contribution in [1.82, 2.24) is 4.90 Å². The smallest absolute Gasteiger partial charge is 0.397 e. The molecule has 0 unspecified atom stereocenters. The first-order valence-corrected chi connectivity index (χ1v) is 4.21. The molecule has 0 radical (unpaired) electrons. The molecule has 0 aliphatic heterocycles. The van der Waals surface area contributed by atoms with Crippen LogP contribution < -0.4 is 0 Å². The van der Waals surface area contributed by atoms with Crippen molar-refractivity contribution in [1.29, 1.82) is 0 Å². The SMILES string of the molecule is C=CCOC(=O)C(=O)N(C)C1CC1. The van der Waals surface area contributed by atoms with Crippen molar-refractivity contribution in [3.8, 4) is 0 Å². The van der Waals surface area contributed by atoms with Gasteiger partial charge in [0.15, 0.2) is 0 Å². The summed E-state index contributed by atoms with van der Waals surface area (Å²) in [7, 11) is 1.62. The monoisotopic (exact) mass is 183 g/mol. The predicted octanol–water partition coefficient (Wildman–Crippen LogP) is 0.336. The molecule has 1 aliphatic rings. The summed E-state index contributed by atoms with van der Waals surface area (Å²) in [4.78, 5) is 23.7. The van der Waals surface area contributed by atoms with Crippen LogP contribution in [0.2, 0.25) is 0 Å². The van der Waals surface area contributed by atoms with E-state index in [1.807, 2.05) is 0 Å². The zero-order chi connectivity index (χ0) is 9.84. The third kappa shape index (κ3) is 2.57. The van der Waals surface area contributed by atoms with Gasteiger partial charge in [0.1, 0.15) is 6.61 Å². The molecule has 1 rings (SSSR count). The van der Waals surface area contributed by atoms with Gasteiger partial charge in [-0.3, -0.25) is 4.79 Å². The molecule has 4 heteroatoms. The van der Waals surface area contributed by atoms with Crippen LogP contribution in [0.4, 0.5) is 0 Å². The maximum Gasteiger partial charge on any atom is 0.397 e. The van der Waals surface area contributed by atoms with E-state index in [2.05, 4.69) is 11.3 Å². The summed E-state index contributed by atoms with van der Waals surface area (Å²) in [5.41, 5.74) is 0. The van der Waals surface area contributed by atoms with Crippen LogP contribution in [-0.4, -0.2) is 36.5 Å². The number of esters is 1. The number of likely N-dealkylation sites (N-methyl/N-ethyl adjacent to an activating group) is 1. The Morgan fingerprint density at radius 2 is 2.23 bits per heavy atom. The summed E-state index contributed by atoms with van der Waals surface area (Å²) in [6.07, 6.45) is 3.40. The number of amides is 1. The fraction of sp³-hybridized carbons (Fsp3) is 0.556. The standard InChI is InChI=1S/C9H13NO3/c1-3-6-13-9(12)8(11)10(2)7-4-5-7/h3,7H,1,4-6H2,2H3. The first kappa shape index (κ1) is 9.77. The Morgan fingerprint density at radius 3 is 2.69 bits per heavy atom. The van der Waals surface area contributed by atoms with Crippen molar-refractivity contribution in [2.24, 2.45) is 0 Å². The minimum atomic E-state index is -0.797. The number of hydrogen-bond acceptors (Lipinski definition) is 3. The lowest BCUT2D eigenvalue weighted by Gasteiger charge is -2.14. The maximum atomic E-state index is 11.2. The number of nitrogens with zero attached hydrogens (tertiary/aromatic N) is 1. The predicted molar refractivity (Wildman–Crippen MR) is 46.9 cm³/mol. The highest BCUT2D eigenvalue weighted by molar-refractivity contribution is 6.32. The molecule has 0 aromatic rings. The molecular weight excluding hydrogens is 170 g/mol. The number of carbonyl (C=O) groups excluding carboxylic acids is 2. The van der Waals surface area contributed by atoms with Crippen molar-refractivity contribution < 1.29 is 14.3 Å². The fourth-order valence-corrected chi connectivity index (χ4v) is 0.968. The molecule has 0 aromatic heterocycles. The van der Waals surface area contributed by atoms with E-state index < -0.39 is 11.9 Å². The molecule has 72 valence electrons. The molecule has 1 amide bonds. The van der Waals surface area contributed by atoms with Crippen LogP contribution in [0.25, 0.3) is 0 Å². The number of hydrogen-bond donors (Lipinski definition) is 0. The van der Waals surface area contributed by atoms with Gasteiger partial charge in [-0.1, -0.05) is 12.7 Å². The molecule has 13 heavy (non-hydrogen) atoms. The molecule has 4 nitrogen and oxygen atoms in total. The van der Waals surface area contributed by atoms with E-state index in [9.17, 15) is 9.59 Å². The third-order valence-corrected chi connectivity index (χ3v) is 1.92. The summed E-state index contributed by atoms with van der Waals surface area (Å²) in [5.74, 6) is -1.36. The molecule has 0 heterocycles. The quantitative estimate of drug-likeness (QED) is 0.360. The lowest BCUT2D eigenvalue weighted by molar-refractivity contribution is -0.158. The first-order valence-electron chi connectivity index (χ1n) is 4.21. The summed E-state index contributed by atoms with van der Waals surface area (Å²) < 4.78 is 4.60. The van der Waals surface area contributed by atoms with Gasteiger partial charge in [0.25, 0.3) is 0 Å². The van der Waals surface area contributed by atoms with E-state index >= 15 is 0 Å². The van der Waals surface area contributed by atoms with Gasteiger partial charge in [0.2, 0.25) is 0 Å². The van der Waals surface area contributed by atoms with Gasteiger partial charge in [0.05, 0.1) is 0 Å². The van der Waals surface area contributed by atoms with E-state index in [0.717, 1.165) is 12.8 Å². The molecule has 1 aliphatic carbocycles. The van der Waals surface area contributed by atoms with Crippen LogP contribution in [0, 0.1) is 0 Å². The van der Waals surface area contributed by atoms with Gasteiger partial charge in [-0.05, 0) is 12.8 Å². The van der Waals surface area contributed by atoms with Crippen LogP contribution in [0.3, 0.4) is 0 Å². The first-order chi connectivity index (χ1) is 6.16. The van der Waals surface area contributed by atoms with Crippen LogP contribution in [0.15, 0.2) is 12.7 Å². The molecule has 0 atom stereocenters. The van der Waals surface area contributed by atoms with Crippen molar-refractivity contribution in [2.75, 3.05) is 13.7 Å². The van der Waals surface area contributed by atoms with E-state index in [1.54, 1.807) is 7.05 Å². The van der Waals surface area contributed by atoms with E-state index in [4.69, 9.17) is 0 Å². The van der Waals surface area contributed by atoms with Gasteiger partial charge >= 0.3 is 11.9 Å². The van der Waals surface area contributed by atoms with Gasteiger partial charge in [-0.25, -0.2) is 4.79 Å². The van der Waals surface area contributed by atoms with E-state index in [1.165, 1.54) is 11.0 Å². The summed E-state index contributed by atoms with van der Waals surface area (Å²) >= 11 is 0. The van der Waals surface area contributed by atoms with Crippen LogP contribution >= 0.6 is 0 Å². The summed E-state index contributed by atoms with van der Waals surface area (Å²) in [6.45, 7) is 3.47. The zero-order valence-electron chi connectivity index (χ0n) is 7.66. The van der Waals surface area contributed by atoms with Crippen molar-refractivity contribution >= 4 is 11.9 Å². The van der Waals surface area contributed by atoms with Gasteiger partial charge in [-0.15, -0.1) is 0 Å². The Morgan fingerprint density at radius 1 is 1.62 bits per heavy atom. The number of carbonyl (C=O) groups is 2. The molecule has 0 spiro atoms. The Hall–Kier alpha value is -1.32. The second-order valence-electron chi connectivity index (χ2n) is 3.03. The van der Waals surface area contributed by atoms with Crippen LogP contribution in [0.5, 0.6) is 0 Å². The molecular formula is C9H13NO3. The molecule has 0 saturated heterocycles. The molecule has 0 aromatic carbocycles. The Bertz CT molecular complexity index is 233. The van der Waals surface area contributed by atoms with E-state index in [-0.39, 0.29) is 12.6 Å². The van der Waals surface area contributed by atoms with Gasteiger partial charge in [-0.2, -0.15) is 0 Å². The van der Waals surface area contributed by atoms with Crippen LogP contribution in [-0.2, 0) is 14.3 Å². The Labute approximate surface area is 77.2 Å². The third-order valence-electron chi connectivity index (χ3n) is 1.92. The zero-order valence-corrected chi connectivity index (χ0v) is 7.66. The van der Waals surface area contributed by atoms with Gasteiger partial charge < -0.3 is 9.64 Å². The molecule has 1 saturated carbocycles. The Kier molecular flexibility index (Phi) is 3.06. The number of ether oxygens (including phenoxy) is 1. The maximum absolute atomic E-state index is 11.2. The highest BCUT2D eigenvalue weighted by Crippen LogP contribution is 2.25. The minimum Gasteiger partial charge on any atom is -0.454 e. The van der Waals surface area contributed by atoms with Crippen molar-refractivity contribution in [2.45, 2.75) is 18.9 Å². The minimum absolute atomic E-state index is 0.0864. The lowest BCUT2D eigenvalue weighted by atomic mass is 10.5. The summed E-state index contributed by atoms with van der Waals surface area (Å²) in [6, 6.07) is 0.240. The second kappa shape index (κ2) is 4.07. The van der Waals surface area contributed by atoms with Crippen molar-refractivity contribution in [3.63, 3.8) is 0 Å². The van der Waals surface area contributed by atoms with Gasteiger partial charge in [0, 0.05) is 13.1 Å². The fourth-order valence-electron chi connectivity index (χ4n) is 0.968. The van der Waals surface area contributed by atoms with E-state index in [0.29, 0.717) is 0 Å². The summed E-state index contributed by atoms with van der Waals surface area (Å²) in [5, 5.41) is 0. The second-order valence-corrected chi connectivity index (χ2v) is 3.03. The highest BCUT2D eigenvalue weighted by Gasteiger charge is 2.33. The largest absolute Gasteiger partial charge is 0.454 e. The number of rotatable bonds is 3. The van der Waals surface area contributed by atoms with Crippen LogP contribution in [0.1, 0.15) is 12.8 Å². The topological polar surface area (TPSA) is 46.6 Å². The Balaban J connectivity index is 2.36. The average molecular weight is 183 g/mol.